The van der Waals surface area contributed by atoms with E-state index in [0.29, 0.717) is 10.7 Å². The zero-order valence-electron chi connectivity index (χ0n) is 15.7. The van der Waals surface area contributed by atoms with Gasteiger partial charge in [0.15, 0.2) is 0 Å². The van der Waals surface area contributed by atoms with Gasteiger partial charge in [-0.05, 0) is 61.7 Å². The summed E-state index contributed by atoms with van der Waals surface area (Å²) in [5.74, 6) is -0.0997. The fourth-order valence-corrected chi connectivity index (χ4v) is 4.48. The van der Waals surface area contributed by atoms with Crippen LogP contribution in [0.2, 0.25) is 5.02 Å². The summed E-state index contributed by atoms with van der Waals surface area (Å²) in [4.78, 5) is 12.9. The fraction of sp³-hybridized carbons (Fsp3) is 0.350. The summed E-state index contributed by atoms with van der Waals surface area (Å²) in [5, 5.41) is 3.52. The largest absolute Gasteiger partial charge is 0.383 e. The number of halogens is 1. The Morgan fingerprint density at radius 3 is 2.29 bits per heavy atom. The molecule has 0 spiro atoms. The van der Waals surface area contributed by atoms with E-state index in [1.165, 1.54) is 19.2 Å². The van der Waals surface area contributed by atoms with Crippen LogP contribution in [0, 0.1) is 0 Å². The summed E-state index contributed by atoms with van der Waals surface area (Å²) in [5.41, 5.74) is 0.950. The maximum absolute atomic E-state index is 12.8. The number of hydrogen-bond donors (Lipinski definition) is 2. The lowest BCUT2D eigenvalue weighted by Crippen LogP contribution is -2.35. The molecule has 1 fully saturated rings. The van der Waals surface area contributed by atoms with E-state index in [9.17, 15) is 13.2 Å². The lowest BCUT2D eigenvalue weighted by Gasteiger charge is -2.16. The average Bonchev–Trinajstić information content (AvgIpc) is 3.44. The molecule has 1 saturated carbocycles. The van der Waals surface area contributed by atoms with Gasteiger partial charge in [0, 0.05) is 23.9 Å². The molecule has 0 bridgehead atoms. The second kappa shape index (κ2) is 8.21. The molecule has 0 heterocycles. The van der Waals surface area contributed by atoms with Gasteiger partial charge in [-0.2, -0.15) is 0 Å². The van der Waals surface area contributed by atoms with E-state index < -0.39 is 15.4 Å². The van der Waals surface area contributed by atoms with Crippen LogP contribution in [0.4, 0.5) is 5.69 Å². The molecule has 3 rings (SSSR count). The predicted octanol–water partition coefficient (Wildman–Crippen LogP) is 3.32. The Kier molecular flexibility index (Phi) is 6.09. The predicted molar refractivity (Wildman–Crippen MR) is 109 cm³/mol. The summed E-state index contributed by atoms with van der Waals surface area (Å²) < 4.78 is 32.2. The molecule has 1 atom stereocenters. The molecular formula is C20H23ClN2O4S. The highest BCUT2D eigenvalue weighted by Gasteiger charge is 2.51. The number of carbonyl (C=O) groups is 1. The van der Waals surface area contributed by atoms with Crippen molar-refractivity contribution in [3.8, 4) is 0 Å². The van der Waals surface area contributed by atoms with E-state index in [1.807, 2.05) is 12.1 Å². The normalized spacial score (nSPS) is 16.4. The third kappa shape index (κ3) is 4.55. The van der Waals surface area contributed by atoms with Crippen LogP contribution in [0.3, 0.4) is 0 Å². The number of methoxy groups -OCH3 is 1. The van der Waals surface area contributed by atoms with Crippen molar-refractivity contribution in [3.05, 3.63) is 59.1 Å². The molecule has 0 radical (unpaired) electrons. The van der Waals surface area contributed by atoms with Gasteiger partial charge < -0.3 is 10.1 Å². The van der Waals surface area contributed by atoms with E-state index in [0.717, 1.165) is 18.4 Å². The molecule has 6 nitrogen and oxygen atoms in total. The van der Waals surface area contributed by atoms with Crippen LogP contribution in [0.15, 0.2) is 53.4 Å². The monoisotopic (exact) mass is 422 g/mol. The Morgan fingerprint density at radius 2 is 1.75 bits per heavy atom. The molecule has 2 aromatic carbocycles. The van der Waals surface area contributed by atoms with Gasteiger partial charge in [-0.1, -0.05) is 23.7 Å². The van der Waals surface area contributed by atoms with Gasteiger partial charge in [0.1, 0.15) is 0 Å². The van der Waals surface area contributed by atoms with E-state index >= 15 is 0 Å². The molecule has 150 valence electrons. The zero-order valence-corrected chi connectivity index (χ0v) is 17.3. The van der Waals surface area contributed by atoms with Crippen molar-refractivity contribution in [3.63, 3.8) is 0 Å². The number of amides is 1. The second-order valence-corrected chi connectivity index (χ2v) is 9.20. The Labute approximate surface area is 170 Å². The van der Waals surface area contributed by atoms with E-state index in [2.05, 4.69) is 10.0 Å². The zero-order chi connectivity index (χ0) is 20.4. The number of hydrogen-bond acceptors (Lipinski definition) is 4. The lowest BCUT2D eigenvalue weighted by molar-refractivity contribution is -0.118. The minimum Gasteiger partial charge on any atom is -0.383 e. The number of sulfonamides is 1. The van der Waals surface area contributed by atoms with Crippen LogP contribution in [0.1, 0.15) is 25.3 Å². The van der Waals surface area contributed by atoms with Crippen molar-refractivity contribution < 1.29 is 17.9 Å². The van der Waals surface area contributed by atoms with Crippen LogP contribution in [-0.2, 0) is 25.0 Å². The second-order valence-electron chi connectivity index (χ2n) is 7.05. The van der Waals surface area contributed by atoms with Crippen LogP contribution < -0.4 is 10.0 Å². The van der Waals surface area contributed by atoms with Crippen LogP contribution >= 0.6 is 11.6 Å². The van der Waals surface area contributed by atoms with Crippen molar-refractivity contribution in [2.45, 2.75) is 36.1 Å². The van der Waals surface area contributed by atoms with Crippen molar-refractivity contribution in [1.29, 1.82) is 0 Å². The highest BCUT2D eigenvalue weighted by Crippen LogP contribution is 2.49. The third-order valence-electron chi connectivity index (χ3n) is 4.78. The standard InChI is InChI=1S/C20H23ClN2O4S/c1-14(13-27-2)23-28(25,26)18-9-7-17(8-10-18)22-19(24)20(11-12-20)15-3-5-16(21)6-4-15/h3-10,14,23H,11-13H2,1-2H3,(H,22,24). The topological polar surface area (TPSA) is 84.5 Å². The molecule has 2 aromatic rings. The molecule has 28 heavy (non-hydrogen) atoms. The van der Waals surface area contributed by atoms with E-state index in [4.69, 9.17) is 16.3 Å². The lowest BCUT2D eigenvalue weighted by atomic mass is 9.95. The Balaban J connectivity index is 1.69. The minimum absolute atomic E-state index is 0.0997. The van der Waals surface area contributed by atoms with E-state index in [1.54, 1.807) is 31.2 Å². The van der Waals surface area contributed by atoms with Gasteiger partial charge >= 0.3 is 0 Å². The molecule has 0 aliphatic heterocycles. The van der Waals surface area contributed by atoms with Gasteiger partial charge in [-0.15, -0.1) is 0 Å². The first kappa shape index (κ1) is 20.8. The van der Waals surface area contributed by atoms with Crippen molar-refractivity contribution in [2.75, 3.05) is 19.0 Å². The molecule has 8 heteroatoms. The molecule has 1 amide bonds. The first-order valence-corrected chi connectivity index (χ1v) is 10.8. The third-order valence-corrected chi connectivity index (χ3v) is 6.63. The van der Waals surface area contributed by atoms with Crippen LogP contribution in [0.25, 0.3) is 0 Å². The Morgan fingerprint density at radius 1 is 1.14 bits per heavy atom. The van der Waals surface area contributed by atoms with Gasteiger partial charge in [0.05, 0.1) is 16.9 Å². The minimum atomic E-state index is -3.65. The van der Waals surface area contributed by atoms with Gasteiger partial charge in [0.2, 0.25) is 15.9 Å². The molecule has 1 aliphatic rings. The smallest absolute Gasteiger partial charge is 0.240 e. The number of carbonyl (C=O) groups excluding carboxylic acids is 1. The molecule has 0 aromatic heterocycles. The number of anilines is 1. The number of rotatable bonds is 8. The van der Waals surface area contributed by atoms with Crippen LogP contribution in [-0.4, -0.2) is 34.1 Å². The summed E-state index contributed by atoms with van der Waals surface area (Å²) >= 11 is 5.93. The maximum atomic E-state index is 12.8. The average molecular weight is 423 g/mol. The molecule has 0 saturated heterocycles. The van der Waals surface area contributed by atoms with E-state index in [-0.39, 0.29) is 23.5 Å². The molecule has 1 unspecified atom stereocenters. The highest BCUT2D eigenvalue weighted by atomic mass is 35.5. The number of ether oxygens (including phenoxy) is 1. The van der Waals surface area contributed by atoms with Gasteiger partial charge in [-0.3, -0.25) is 4.79 Å². The summed E-state index contributed by atoms with van der Waals surface area (Å²) in [6.45, 7) is 2.00. The first-order chi connectivity index (χ1) is 13.3. The van der Waals surface area contributed by atoms with Crippen LogP contribution in [0.5, 0.6) is 0 Å². The molecule has 1 aliphatic carbocycles. The number of nitrogens with one attached hydrogen (secondary N) is 2. The van der Waals surface area contributed by atoms with Crippen molar-refractivity contribution in [1.82, 2.24) is 4.72 Å². The van der Waals surface area contributed by atoms with Gasteiger partial charge in [0.25, 0.3) is 0 Å². The SMILES string of the molecule is COCC(C)NS(=O)(=O)c1ccc(NC(=O)C2(c3ccc(Cl)cc3)CC2)cc1. The Hall–Kier alpha value is -1.93. The highest BCUT2D eigenvalue weighted by molar-refractivity contribution is 7.89. The van der Waals surface area contributed by atoms with Crippen molar-refractivity contribution >= 4 is 33.2 Å². The fourth-order valence-electron chi connectivity index (χ4n) is 3.13. The quantitative estimate of drug-likeness (QED) is 0.683. The number of benzene rings is 2. The van der Waals surface area contributed by atoms with Crippen molar-refractivity contribution in [2.24, 2.45) is 0 Å². The maximum Gasteiger partial charge on any atom is 0.240 e. The first-order valence-electron chi connectivity index (χ1n) is 8.96. The Bertz CT molecular complexity index is 939. The molecule has 2 N–H and O–H groups in total. The summed E-state index contributed by atoms with van der Waals surface area (Å²) in [7, 11) is -2.13. The summed E-state index contributed by atoms with van der Waals surface area (Å²) in [6, 6.07) is 13.1. The molecular weight excluding hydrogens is 400 g/mol. The van der Waals surface area contributed by atoms with Gasteiger partial charge in [-0.25, -0.2) is 13.1 Å². The summed E-state index contributed by atoms with van der Waals surface area (Å²) in [6.07, 6.45) is 1.54.